The van der Waals surface area contributed by atoms with Gasteiger partial charge >= 0.3 is 5.97 Å². The number of benzene rings is 2. The Morgan fingerprint density at radius 2 is 1.88 bits per heavy atom. The number of allylic oxidation sites excluding steroid dienone is 1. The van der Waals surface area contributed by atoms with Gasteiger partial charge in [0.2, 0.25) is 5.95 Å². The van der Waals surface area contributed by atoms with Crippen molar-refractivity contribution in [3.63, 3.8) is 0 Å². The SMILES string of the molecule is CCCC1=C(C(=O)OCC)[C@@H](c2ccc(OCc3ccc(Br)cc3)cc2)n2ncnc2N1. The lowest BCUT2D eigenvalue weighted by molar-refractivity contribution is -0.139. The first-order valence-corrected chi connectivity index (χ1v) is 11.4. The number of hydrogen-bond donors (Lipinski definition) is 1. The number of hydrogen-bond acceptors (Lipinski definition) is 6. The Morgan fingerprint density at radius 1 is 1.12 bits per heavy atom. The summed E-state index contributed by atoms with van der Waals surface area (Å²) in [5.74, 6) is 1.02. The number of esters is 1. The van der Waals surface area contributed by atoms with Crippen LogP contribution in [0, 0.1) is 0 Å². The third-order valence-electron chi connectivity index (χ3n) is 5.19. The van der Waals surface area contributed by atoms with E-state index in [1.54, 1.807) is 4.68 Å². The molecule has 1 N–H and O–H groups in total. The first-order chi connectivity index (χ1) is 15.6. The Labute approximate surface area is 195 Å². The van der Waals surface area contributed by atoms with E-state index >= 15 is 0 Å². The lowest BCUT2D eigenvalue weighted by Gasteiger charge is -2.29. The van der Waals surface area contributed by atoms with Crippen molar-refractivity contribution in [1.82, 2.24) is 14.8 Å². The number of carbonyl (C=O) groups is 1. The molecule has 2 heterocycles. The minimum atomic E-state index is -0.421. The summed E-state index contributed by atoms with van der Waals surface area (Å²) < 4.78 is 14.1. The molecule has 2 aromatic carbocycles. The summed E-state index contributed by atoms with van der Waals surface area (Å²) in [5, 5.41) is 7.63. The molecular weight excluding hydrogens is 472 g/mol. The number of anilines is 1. The van der Waals surface area contributed by atoms with Crippen LogP contribution in [0.25, 0.3) is 0 Å². The zero-order valence-corrected chi connectivity index (χ0v) is 19.6. The molecule has 1 atom stereocenters. The number of aromatic nitrogens is 3. The van der Waals surface area contributed by atoms with Gasteiger partial charge in [0.1, 0.15) is 24.7 Å². The van der Waals surface area contributed by atoms with Crippen molar-refractivity contribution in [2.45, 2.75) is 39.3 Å². The molecule has 8 heteroatoms. The molecular formula is C24H25BrN4O3. The van der Waals surface area contributed by atoms with Crippen molar-refractivity contribution in [1.29, 1.82) is 0 Å². The van der Waals surface area contributed by atoms with Crippen LogP contribution in [0.5, 0.6) is 5.75 Å². The molecule has 1 aliphatic heterocycles. The fraction of sp³-hybridized carbons (Fsp3) is 0.292. The monoisotopic (exact) mass is 496 g/mol. The van der Waals surface area contributed by atoms with Crippen molar-refractivity contribution < 1.29 is 14.3 Å². The van der Waals surface area contributed by atoms with Crippen LogP contribution in [0.15, 0.2) is 70.6 Å². The van der Waals surface area contributed by atoms with Crippen molar-refractivity contribution in [2.24, 2.45) is 0 Å². The van der Waals surface area contributed by atoms with Crippen molar-refractivity contribution in [3.8, 4) is 5.75 Å². The highest BCUT2D eigenvalue weighted by molar-refractivity contribution is 9.10. The third kappa shape index (κ3) is 4.70. The van der Waals surface area contributed by atoms with E-state index in [-0.39, 0.29) is 5.97 Å². The van der Waals surface area contributed by atoms with Gasteiger partial charge in [0.15, 0.2) is 0 Å². The number of fused-ring (bicyclic) bond motifs is 1. The van der Waals surface area contributed by atoms with Gasteiger partial charge in [-0.15, -0.1) is 0 Å². The van der Waals surface area contributed by atoms with Crippen LogP contribution in [0.4, 0.5) is 5.95 Å². The van der Waals surface area contributed by atoms with Crippen LogP contribution in [-0.4, -0.2) is 27.3 Å². The van der Waals surface area contributed by atoms with E-state index in [4.69, 9.17) is 9.47 Å². The van der Waals surface area contributed by atoms with Crippen LogP contribution in [0.2, 0.25) is 0 Å². The van der Waals surface area contributed by atoms with Gasteiger partial charge in [-0.05, 0) is 48.7 Å². The molecule has 0 unspecified atom stereocenters. The quantitative estimate of drug-likeness (QED) is 0.429. The highest BCUT2D eigenvalue weighted by atomic mass is 79.9. The molecule has 0 fully saturated rings. The van der Waals surface area contributed by atoms with Crippen molar-refractivity contribution in [2.75, 3.05) is 11.9 Å². The first-order valence-electron chi connectivity index (χ1n) is 10.6. The van der Waals surface area contributed by atoms with Crippen LogP contribution in [0.1, 0.15) is 43.9 Å². The average molecular weight is 497 g/mol. The molecule has 0 spiro atoms. The summed E-state index contributed by atoms with van der Waals surface area (Å²) >= 11 is 3.44. The normalized spacial score (nSPS) is 15.2. The summed E-state index contributed by atoms with van der Waals surface area (Å²) in [6.45, 7) is 4.66. The molecule has 0 amide bonds. The Hall–Kier alpha value is -3.13. The lowest BCUT2D eigenvalue weighted by atomic mass is 9.94. The van der Waals surface area contributed by atoms with Gasteiger partial charge in [0.25, 0.3) is 0 Å². The standard InChI is InChI=1S/C24H25BrN4O3/c1-3-5-20-21(23(30)31-4-2)22(29-24(28-20)26-15-27-29)17-8-12-19(13-9-17)32-14-16-6-10-18(25)11-7-16/h6-13,15,22H,3-5,14H2,1-2H3,(H,26,27,28)/t22-/m1/s1. The van der Waals surface area contributed by atoms with E-state index in [2.05, 4.69) is 38.3 Å². The van der Waals surface area contributed by atoms with Crippen LogP contribution in [0.3, 0.4) is 0 Å². The summed E-state index contributed by atoms with van der Waals surface area (Å²) in [7, 11) is 0. The van der Waals surface area contributed by atoms with Gasteiger partial charge < -0.3 is 14.8 Å². The Bertz CT molecular complexity index is 1110. The molecule has 0 saturated heterocycles. The van der Waals surface area contributed by atoms with E-state index in [1.165, 1.54) is 6.33 Å². The lowest BCUT2D eigenvalue weighted by Crippen LogP contribution is -2.30. The molecule has 0 bridgehead atoms. The van der Waals surface area contributed by atoms with E-state index in [0.29, 0.717) is 31.2 Å². The fourth-order valence-electron chi connectivity index (χ4n) is 3.71. The maximum atomic E-state index is 12.9. The van der Waals surface area contributed by atoms with Crippen LogP contribution < -0.4 is 10.1 Å². The molecule has 3 aromatic rings. The highest BCUT2D eigenvalue weighted by Crippen LogP contribution is 2.37. The third-order valence-corrected chi connectivity index (χ3v) is 5.72. The largest absolute Gasteiger partial charge is 0.489 e. The minimum Gasteiger partial charge on any atom is -0.489 e. The summed E-state index contributed by atoms with van der Waals surface area (Å²) in [6, 6.07) is 15.3. The number of rotatable bonds is 8. The van der Waals surface area contributed by atoms with Gasteiger partial charge in [0, 0.05) is 10.2 Å². The van der Waals surface area contributed by atoms with Crippen molar-refractivity contribution >= 4 is 27.8 Å². The van der Waals surface area contributed by atoms with Crippen molar-refractivity contribution in [3.05, 3.63) is 81.7 Å². The molecule has 32 heavy (non-hydrogen) atoms. The topological polar surface area (TPSA) is 78.3 Å². The van der Waals surface area contributed by atoms with Gasteiger partial charge in [-0.2, -0.15) is 10.1 Å². The number of ether oxygens (including phenoxy) is 2. The number of nitrogens with one attached hydrogen (secondary N) is 1. The molecule has 0 saturated carbocycles. The molecule has 0 aliphatic carbocycles. The molecule has 4 rings (SSSR count). The number of halogens is 1. The smallest absolute Gasteiger partial charge is 0.338 e. The summed E-state index contributed by atoms with van der Waals surface area (Å²) in [6.07, 6.45) is 3.09. The maximum absolute atomic E-state index is 12.9. The highest BCUT2D eigenvalue weighted by Gasteiger charge is 2.35. The summed E-state index contributed by atoms with van der Waals surface area (Å²) in [4.78, 5) is 17.3. The Morgan fingerprint density at radius 3 is 2.56 bits per heavy atom. The Kier molecular flexibility index (Phi) is 6.90. The van der Waals surface area contributed by atoms with E-state index in [0.717, 1.165) is 33.5 Å². The van der Waals surface area contributed by atoms with Crippen LogP contribution in [-0.2, 0) is 16.1 Å². The van der Waals surface area contributed by atoms with Gasteiger partial charge in [-0.3, -0.25) is 0 Å². The first kappa shape index (κ1) is 22.1. The second-order valence-electron chi connectivity index (χ2n) is 7.40. The molecule has 7 nitrogen and oxygen atoms in total. The molecule has 0 radical (unpaired) electrons. The fourth-order valence-corrected chi connectivity index (χ4v) is 3.97. The van der Waals surface area contributed by atoms with E-state index in [9.17, 15) is 4.79 Å². The number of carbonyl (C=O) groups excluding carboxylic acids is 1. The van der Waals surface area contributed by atoms with E-state index in [1.807, 2.05) is 55.5 Å². The molecule has 1 aliphatic rings. The number of nitrogens with zero attached hydrogens (tertiary/aromatic N) is 3. The molecule has 1 aromatic heterocycles. The van der Waals surface area contributed by atoms with Gasteiger partial charge in [-0.25, -0.2) is 9.48 Å². The second kappa shape index (κ2) is 9.99. The predicted octanol–water partition coefficient (Wildman–Crippen LogP) is 5.25. The second-order valence-corrected chi connectivity index (χ2v) is 8.32. The predicted molar refractivity (Wildman–Crippen MR) is 125 cm³/mol. The summed E-state index contributed by atoms with van der Waals surface area (Å²) in [5.41, 5.74) is 3.38. The molecule has 166 valence electrons. The Balaban J connectivity index is 1.62. The zero-order valence-electron chi connectivity index (χ0n) is 18.0. The van der Waals surface area contributed by atoms with E-state index < -0.39 is 6.04 Å². The van der Waals surface area contributed by atoms with Gasteiger partial charge in [-0.1, -0.05) is 53.5 Å². The van der Waals surface area contributed by atoms with Gasteiger partial charge in [0.05, 0.1) is 12.2 Å². The maximum Gasteiger partial charge on any atom is 0.338 e. The zero-order chi connectivity index (χ0) is 22.5. The van der Waals surface area contributed by atoms with Crippen LogP contribution >= 0.6 is 15.9 Å². The minimum absolute atomic E-state index is 0.307. The average Bonchev–Trinajstić information content (AvgIpc) is 3.27.